The van der Waals surface area contributed by atoms with Crippen molar-refractivity contribution in [1.29, 1.82) is 0 Å². The van der Waals surface area contributed by atoms with Crippen LogP contribution in [0.1, 0.15) is 17.9 Å². The van der Waals surface area contributed by atoms with Crippen LogP contribution in [0.25, 0.3) is 0 Å². The summed E-state index contributed by atoms with van der Waals surface area (Å²) in [6.07, 6.45) is 0.743. The van der Waals surface area contributed by atoms with E-state index in [1.54, 1.807) is 6.07 Å². The third kappa shape index (κ3) is 1.45. The van der Waals surface area contributed by atoms with Crippen molar-refractivity contribution in [3.63, 3.8) is 0 Å². The molecular formula is C10H12FNO. The van der Waals surface area contributed by atoms with Gasteiger partial charge >= 0.3 is 0 Å². The molecule has 2 rings (SSSR count). The van der Waals surface area contributed by atoms with Gasteiger partial charge in [-0.05, 0) is 24.1 Å². The van der Waals surface area contributed by atoms with E-state index in [2.05, 4.69) is 0 Å². The zero-order valence-corrected chi connectivity index (χ0v) is 7.20. The monoisotopic (exact) mass is 181 g/mol. The molecule has 1 aliphatic rings. The molecule has 1 fully saturated rings. The minimum atomic E-state index is -0.506. The molecule has 3 N–H and O–H groups in total. The number of halogens is 1. The number of hydrogen-bond donors (Lipinski definition) is 2. The maximum absolute atomic E-state index is 12.8. The molecule has 0 radical (unpaired) electrons. The molecular weight excluding hydrogens is 169 g/mol. The van der Waals surface area contributed by atoms with Gasteiger partial charge in [-0.3, -0.25) is 0 Å². The number of benzene rings is 1. The first kappa shape index (κ1) is 8.66. The van der Waals surface area contributed by atoms with Crippen molar-refractivity contribution in [2.45, 2.75) is 17.9 Å². The summed E-state index contributed by atoms with van der Waals surface area (Å²) in [5.41, 5.74) is 6.18. The lowest BCUT2D eigenvalue weighted by atomic mass is 10.1. The van der Waals surface area contributed by atoms with Gasteiger partial charge in [0.25, 0.3) is 0 Å². The van der Waals surface area contributed by atoms with Crippen molar-refractivity contribution in [3.8, 4) is 0 Å². The molecule has 13 heavy (non-hydrogen) atoms. The summed E-state index contributed by atoms with van der Waals surface area (Å²) in [6.45, 7) is -0.0336. The maximum atomic E-state index is 12.8. The third-order valence-electron chi connectivity index (χ3n) is 2.66. The molecule has 1 aromatic rings. The highest BCUT2D eigenvalue weighted by Crippen LogP contribution is 2.48. The van der Waals surface area contributed by atoms with Crippen LogP contribution < -0.4 is 5.73 Å². The van der Waals surface area contributed by atoms with Gasteiger partial charge in [-0.1, -0.05) is 12.1 Å². The molecule has 2 atom stereocenters. The summed E-state index contributed by atoms with van der Waals surface area (Å²) in [5, 5.41) is 8.95. The highest BCUT2D eigenvalue weighted by Gasteiger charge is 2.51. The summed E-state index contributed by atoms with van der Waals surface area (Å²) < 4.78 is 12.8. The molecule has 2 nitrogen and oxygen atoms in total. The van der Waals surface area contributed by atoms with E-state index in [1.807, 2.05) is 6.07 Å². The second kappa shape index (κ2) is 2.79. The summed E-state index contributed by atoms with van der Waals surface area (Å²) in [7, 11) is 0. The molecule has 0 spiro atoms. The Labute approximate surface area is 76.2 Å². The third-order valence-corrected chi connectivity index (χ3v) is 2.66. The molecule has 3 heteroatoms. The lowest BCUT2D eigenvalue weighted by Crippen LogP contribution is -2.28. The quantitative estimate of drug-likeness (QED) is 0.715. The molecule has 0 amide bonds. The Hall–Kier alpha value is -0.930. The van der Waals surface area contributed by atoms with Crippen LogP contribution >= 0.6 is 0 Å². The normalized spacial score (nSPS) is 31.8. The zero-order valence-electron chi connectivity index (χ0n) is 7.20. The largest absolute Gasteiger partial charge is 0.394 e. The van der Waals surface area contributed by atoms with Crippen LogP contribution in [0.15, 0.2) is 24.3 Å². The fourth-order valence-corrected chi connectivity index (χ4v) is 1.67. The molecule has 70 valence electrons. The summed E-state index contributed by atoms with van der Waals surface area (Å²) >= 11 is 0. The number of rotatable bonds is 2. The van der Waals surface area contributed by atoms with Crippen LogP contribution in [0.4, 0.5) is 4.39 Å². The first-order chi connectivity index (χ1) is 6.15. The summed E-state index contributed by atoms with van der Waals surface area (Å²) in [6, 6.07) is 6.40. The Bertz CT molecular complexity index is 328. The molecule has 0 aromatic heterocycles. The van der Waals surface area contributed by atoms with Gasteiger partial charge in [-0.15, -0.1) is 0 Å². The van der Waals surface area contributed by atoms with E-state index >= 15 is 0 Å². The number of nitrogens with two attached hydrogens (primary N) is 1. The van der Waals surface area contributed by atoms with Crippen molar-refractivity contribution < 1.29 is 9.50 Å². The van der Waals surface area contributed by atoms with Gasteiger partial charge in [-0.25, -0.2) is 4.39 Å². The number of aliphatic hydroxyl groups excluding tert-OH is 1. The van der Waals surface area contributed by atoms with Crippen LogP contribution in [0.2, 0.25) is 0 Å². The van der Waals surface area contributed by atoms with Gasteiger partial charge in [0.05, 0.1) is 6.61 Å². The molecule has 0 heterocycles. The Morgan fingerprint density at radius 3 is 2.92 bits per heavy atom. The smallest absolute Gasteiger partial charge is 0.123 e. The average molecular weight is 181 g/mol. The van der Waals surface area contributed by atoms with E-state index in [9.17, 15) is 4.39 Å². The number of aliphatic hydroxyl groups is 1. The van der Waals surface area contributed by atoms with E-state index in [0.717, 1.165) is 12.0 Å². The standard InChI is InChI=1S/C10H12FNO/c11-8-3-1-2-7(4-8)9-5-10(9,12)6-13/h1-4,9,13H,5-6,12H2. The molecule has 2 unspecified atom stereocenters. The molecule has 1 saturated carbocycles. The topological polar surface area (TPSA) is 46.2 Å². The molecule has 1 aliphatic carbocycles. The molecule has 0 bridgehead atoms. The van der Waals surface area contributed by atoms with Gasteiger partial charge in [0.1, 0.15) is 5.82 Å². The zero-order chi connectivity index (χ0) is 9.47. The van der Waals surface area contributed by atoms with E-state index < -0.39 is 5.54 Å². The van der Waals surface area contributed by atoms with Crippen molar-refractivity contribution in [2.24, 2.45) is 5.73 Å². The van der Waals surface area contributed by atoms with E-state index in [1.165, 1.54) is 12.1 Å². The van der Waals surface area contributed by atoms with E-state index in [4.69, 9.17) is 10.8 Å². The van der Waals surface area contributed by atoms with Crippen molar-refractivity contribution in [1.82, 2.24) is 0 Å². The molecule has 0 saturated heterocycles. The van der Waals surface area contributed by atoms with Crippen LogP contribution in [0, 0.1) is 5.82 Å². The van der Waals surface area contributed by atoms with Crippen molar-refractivity contribution in [2.75, 3.05) is 6.61 Å². The van der Waals surface area contributed by atoms with Gasteiger partial charge in [-0.2, -0.15) is 0 Å². The number of hydrogen-bond acceptors (Lipinski definition) is 2. The highest BCUT2D eigenvalue weighted by atomic mass is 19.1. The Kier molecular flexibility index (Phi) is 1.86. The predicted octanol–water partition coefficient (Wildman–Crippen LogP) is 1.00. The molecule has 1 aromatic carbocycles. The lowest BCUT2D eigenvalue weighted by molar-refractivity contribution is 0.253. The van der Waals surface area contributed by atoms with Gasteiger partial charge in [0.2, 0.25) is 0 Å². The highest BCUT2D eigenvalue weighted by molar-refractivity contribution is 5.33. The van der Waals surface area contributed by atoms with Gasteiger partial charge < -0.3 is 10.8 Å². The minimum Gasteiger partial charge on any atom is -0.394 e. The van der Waals surface area contributed by atoms with Crippen LogP contribution in [-0.2, 0) is 0 Å². The first-order valence-electron chi connectivity index (χ1n) is 4.31. The minimum absolute atomic E-state index is 0.0336. The fraction of sp³-hybridized carbons (Fsp3) is 0.400. The Morgan fingerprint density at radius 2 is 2.38 bits per heavy atom. The second-order valence-electron chi connectivity index (χ2n) is 3.70. The maximum Gasteiger partial charge on any atom is 0.123 e. The lowest BCUT2D eigenvalue weighted by Gasteiger charge is -2.06. The Balaban J connectivity index is 2.20. The van der Waals surface area contributed by atoms with Crippen molar-refractivity contribution >= 4 is 0 Å². The SMILES string of the molecule is NC1(CO)CC1c1cccc(F)c1. The van der Waals surface area contributed by atoms with E-state index in [-0.39, 0.29) is 18.3 Å². The van der Waals surface area contributed by atoms with Crippen molar-refractivity contribution in [3.05, 3.63) is 35.6 Å². The second-order valence-corrected chi connectivity index (χ2v) is 3.70. The first-order valence-corrected chi connectivity index (χ1v) is 4.31. The van der Waals surface area contributed by atoms with Crippen LogP contribution in [0.3, 0.4) is 0 Å². The average Bonchev–Trinajstić information content (AvgIpc) is 2.79. The summed E-state index contributed by atoms with van der Waals surface area (Å²) in [5.74, 6) is -0.127. The van der Waals surface area contributed by atoms with Crippen LogP contribution in [0.5, 0.6) is 0 Å². The summed E-state index contributed by atoms with van der Waals surface area (Å²) in [4.78, 5) is 0. The fourth-order valence-electron chi connectivity index (χ4n) is 1.67. The van der Waals surface area contributed by atoms with Crippen LogP contribution in [-0.4, -0.2) is 17.3 Å². The van der Waals surface area contributed by atoms with Gasteiger partial charge in [0, 0.05) is 11.5 Å². The van der Waals surface area contributed by atoms with Gasteiger partial charge in [0.15, 0.2) is 0 Å². The predicted molar refractivity (Wildman–Crippen MR) is 47.8 cm³/mol. The molecule has 0 aliphatic heterocycles. The Morgan fingerprint density at radius 1 is 1.62 bits per heavy atom. The van der Waals surface area contributed by atoms with E-state index in [0.29, 0.717) is 0 Å².